The number of imidazole rings is 1. The molecule has 2 unspecified atom stereocenters. The van der Waals surface area contributed by atoms with Gasteiger partial charge in [-0.1, -0.05) is 0 Å². The van der Waals surface area contributed by atoms with Crippen LogP contribution in [0, 0.1) is 12.8 Å². The lowest BCUT2D eigenvalue weighted by Crippen LogP contribution is -2.07. The first-order chi connectivity index (χ1) is 8.69. The molecule has 0 bridgehead atoms. The van der Waals surface area contributed by atoms with Crippen molar-refractivity contribution in [2.75, 3.05) is 6.61 Å². The molecule has 1 aliphatic rings. The van der Waals surface area contributed by atoms with E-state index in [0.29, 0.717) is 6.61 Å². The molecule has 1 fully saturated rings. The van der Waals surface area contributed by atoms with E-state index < -0.39 is 0 Å². The molecule has 18 heavy (non-hydrogen) atoms. The smallest absolute Gasteiger partial charge is 0.309 e. The number of nitrogens with one attached hydrogen (secondary N) is 1. The van der Waals surface area contributed by atoms with Gasteiger partial charge >= 0.3 is 5.97 Å². The number of esters is 1. The summed E-state index contributed by atoms with van der Waals surface area (Å²) in [5.74, 6) is 0.860. The van der Waals surface area contributed by atoms with Crippen LogP contribution in [0.25, 0.3) is 11.2 Å². The minimum atomic E-state index is -0.118. The lowest BCUT2D eigenvalue weighted by molar-refractivity contribution is -0.144. The molecule has 3 rings (SSSR count). The summed E-state index contributed by atoms with van der Waals surface area (Å²) in [4.78, 5) is 23.6. The van der Waals surface area contributed by atoms with E-state index in [0.717, 1.165) is 29.1 Å². The minimum absolute atomic E-state index is 0.0355. The van der Waals surface area contributed by atoms with Crippen molar-refractivity contribution in [2.24, 2.45) is 5.92 Å². The first-order valence-electron chi connectivity index (χ1n) is 6.19. The molecule has 0 spiro atoms. The molecule has 2 aromatic rings. The van der Waals surface area contributed by atoms with E-state index in [-0.39, 0.29) is 17.8 Å². The van der Waals surface area contributed by atoms with Crippen LogP contribution < -0.4 is 0 Å². The van der Waals surface area contributed by atoms with Gasteiger partial charge in [0.25, 0.3) is 0 Å². The molecule has 2 atom stereocenters. The van der Waals surface area contributed by atoms with Gasteiger partial charge in [0.15, 0.2) is 5.65 Å². The SMILES string of the molecule is CCOC(=O)C1CC1c1nc2ccc(C)nc2[nH]1. The normalized spacial score (nSPS) is 22.1. The number of pyridine rings is 1. The van der Waals surface area contributed by atoms with Crippen molar-refractivity contribution < 1.29 is 9.53 Å². The molecular formula is C13H15N3O2. The Labute approximate surface area is 105 Å². The first-order valence-corrected chi connectivity index (χ1v) is 6.19. The Hall–Kier alpha value is -1.91. The number of hydrogen-bond acceptors (Lipinski definition) is 4. The highest BCUT2D eigenvalue weighted by molar-refractivity contribution is 5.78. The Morgan fingerprint density at radius 1 is 1.50 bits per heavy atom. The van der Waals surface area contributed by atoms with Gasteiger partial charge in [-0.25, -0.2) is 9.97 Å². The quantitative estimate of drug-likeness (QED) is 0.839. The second-order valence-corrected chi connectivity index (χ2v) is 4.64. The molecule has 94 valence electrons. The summed E-state index contributed by atoms with van der Waals surface area (Å²) < 4.78 is 5.01. The Bertz CT molecular complexity index is 605. The van der Waals surface area contributed by atoms with E-state index in [1.807, 2.05) is 26.0 Å². The zero-order valence-corrected chi connectivity index (χ0v) is 10.4. The number of aryl methyl sites for hydroxylation is 1. The van der Waals surface area contributed by atoms with Crippen LogP contribution in [0.1, 0.15) is 30.8 Å². The van der Waals surface area contributed by atoms with Gasteiger partial charge in [0.05, 0.1) is 12.5 Å². The average molecular weight is 245 g/mol. The number of rotatable bonds is 3. The standard InChI is InChI=1S/C13H15N3O2/c1-3-18-13(17)9-6-8(9)11-15-10-5-4-7(2)14-12(10)16-11/h4-5,8-9H,3,6H2,1-2H3,(H,14,15,16). The van der Waals surface area contributed by atoms with E-state index in [4.69, 9.17) is 4.74 Å². The molecule has 0 aromatic carbocycles. The number of carbonyl (C=O) groups is 1. The van der Waals surface area contributed by atoms with Crippen molar-refractivity contribution in [3.63, 3.8) is 0 Å². The molecule has 1 aliphatic carbocycles. The molecule has 0 saturated heterocycles. The summed E-state index contributed by atoms with van der Waals surface area (Å²) in [6, 6.07) is 3.88. The van der Waals surface area contributed by atoms with Crippen molar-refractivity contribution in [1.82, 2.24) is 15.0 Å². The maximum atomic E-state index is 11.6. The van der Waals surface area contributed by atoms with Crippen LogP contribution in [0.3, 0.4) is 0 Å². The van der Waals surface area contributed by atoms with E-state index in [1.54, 1.807) is 0 Å². The van der Waals surface area contributed by atoms with Crippen LogP contribution in [-0.2, 0) is 9.53 Å². The van der Waals surface area contributed by atoms with E-state index in [9.17, 15) is 4.79 Å². The van der Waals surface area contributed by atoms with Gasteiger partial charge in [-0.2, -0.15) is 0 Å². The molecule has 0 aliphatic heterocycles. The summed E-state index contributed by atoms with van der Waals surface area (Å²) in [5, 5.41) is 0. The minimum Gasteiger partial charge on any atom is -0.466 e. The third kappa shape index (κ3) is 1.85. The molecule has 2 heterocycles. The van der Waals surface area contributed by atoms with Crippen molar-refractivity contribution in [1.29, 1.82) is 0 Å². The topological polar surface area (TPSA) is 67.9 Å². The maximum absolute atomic E-state index is 11.6. The molecule has 0 amide bonds. The summed E-state index contributed by atoms with van der Waals surface area (Å²) >= 11 is 0. The largest absolute Gasteiger partial charge is 0.466 e. The van der Waals surface area contributed by atoms with Crippen LogP contribution in [0.15, 0.2) is 12.1 Å². The van der Waals surface area contributed by atoms with Gasteiger partial charge in [-0.05, 0) is 32.4 Å². The summed E-state index contributed by atoms with van der Waals surface area (Å²) in [6.45, 7) is 4.20. The monoisotopic (exact) mass is 245 g/mol. The van der Waals surface area contributed by atoms with Gasteiger partial charge in [-0.3, -0.25) is 4.79 Å². The Morgan fingerprint density at radius 3 is 3.11 bits per heavy atom. The van der Waals surface area contributed by atoms with Gasteiger partial charge in [-0.15, -0.1) is 0 Å². The molecule has 2 aromatic heterocycles. The van der Waals surface area contributed by atoms with Crippen LogP contribution in [0.5, 0.6) is 0 Å². The van der Waals surface area contributed by atoms with Crippen LogP contribution in [-0.4, -0.2) is 27.5 Å². The first kappa shape index (κ1) is 11.2. The molecule has 5 nitrogen and oxygen atoms in total. The number of carbonyl (C=O) groups excluding carboxylic acids is 1. The van der Waals surface area contributed by atoms with E-state index >= 15 is 0 Å². The second-order valence-electron chi connectivity index (χ2n) is 4.64. The van der Waals surface area contributed by atoms with Crippen LogP contribution in [0.2, 0.25) is 0 Å². The summed E-state index contributed by atoms with van der Waals surface area (Å²) in [5.41, 5.74) is 2.60. The number of fused-ring (bicyclic) bond motifs is 1. The van der Waals surface area contributed by atoms with E-state index in [2.05, 4.69) is 15.0 Å². The number of aromatic amines is 1. The van der Waals surface area contributed by atoms with Crippen molar-refractivity contribution >= 4 is 17.1 Å². The molecule has 5 heteroatoms. The number of aromatic nitrogens is 3. The molecular weight excluding hydrogens is 230 g/mol. The fraction of sp³-hybridized carbons (Fsp3) is 0.462. The van der Waals surface area contributed by atoms with Crippen molar-refractivity contribution in [3.05, 3.63) is 23.7 Å². The maximum Gasteiger partial charge on any atom is 0.309 e. The molecule has 0 radical (unpaired) electrons. The Morgan fingerprint density at radius 2 is 2.33 bits per heavy atom. The van der Waals surface area contributed by atoms with Gasteiger partial charge < -0.3 is 9.72 Å². The lowest BCUT2D eigenvalue weighted by atomic mass is 10.3. The Kier molecular flexibility index (Phi) is 2.54. The summed E-state index contributed by atoms with van der Waals surface area (Å²) in [6.07, 6.45) is 0.817. The number of hydrogen-bond donors (Lipinski definition) is 1. The lowest BCUT2D eigenvalue weighted by Gasteiger charge is -1.98. The molecule has 1 saturated carbocycles. The highest BCUT2D eigenvalue weighted by atomic mass is 16.5. The zero-order chi connectivity index (χ0) is 12.7. The third-order valence-corrected chi connectivity index (χ3v) is 3.23. The van der Waals surface area contributed by atoms with Gasteiger partial charge in [0.1, 0.15) is 11.3 Å². The fourth-order valence-electron chi connectivity index (χ4n) is 2.19. The van der Waals surface area contributed by atoms with Crippen molar-refractivity contribution in [3.8, 4) is 0 Å². The summed E-state index contributed by atoms with van der Waals surface area (Å²) in [7, 11) is 0. The zero-order valence-electron chi connectivity index (χ0n) is 10.4. The predicted molar refractivity (Wildman–Crippen MR) is 66.1 cm³/mol. The highest BCUT2D eigenvalue weighted by Gasteiger charge is 2.47. The number of ether oxygens (including phenoxy) is 1. The third-order valence-electron chi connectivity index (χ3n) is 3.23. The predicted octanol–water partition coefficient (Wildman–Crippen LogP) is 1.93. The van der Waals surface area contributed by atoms with E-state index in [1.165, 1.54) is 0 Å². The van der Waals surface area contributed by atoms with Crippen LogP contribution in [0.4, 0.5) is 0 Å². The molecule has 1 N–H and O–H groups in total. The Balaban J connectivity index is 1.82. The highest BCUT2D eigenvalue weighted by Crippen LogP contribution is 2.47. The van der Waals surface area contributed by atoms with Crippen LogP contribution >= 0.6 is 0 Å². The average Bonchev–Trinajstić information content (AvgIpc) is 3.03. The van der Waals surface area contributed by atoms with Gasteiger partial charge in [0, 0.05) is 11.6 Å². The second kappa shape index (κ2) is 4.08. The number of nitrogens with zero attached hydrogens (tertiary/aromatic N) is 2. The fourth-order valence-corrected chi connectivity index (χ4v) is 2.19. The van der Waals surface area contributed by atoms with Gasteiger partial charge in [0.2, 0.25) is 0 Å². The number of H-pyrrole nitrogens is 1. The van der Waals surface area contributed by atoms with Crippen molar-refractivity contribution in [2.45, 2.75) is 26.2 Å².